The first-order chi connectivity index (χ1) is 11.1. The van der Waals surface area contributed by atoms with Crippen molar-refractivity contribution in [1.29, 1.82) is 0 Å². The van der Waals surface area contributed by atoms with Gasteiger partial charge in [-0.3, -0.25) is 14.9 Å². The number of anilines is 2. The zero-order valence-corrected chi connectivity index (χ0v) is 13.9. The van der Waals surface area contributed by atoms with Crippen LogP contribution in [0.3, 0.4) is 0 Å². The van der Waals surface area contributed by atoms with Gasteiger partial charge < -0.3 is 10.6 Å². The largest absolute Gasteiger partial charge is 0.379 e. The smallest absolute Gasteiger partial charge is 0.292 e. The average Bonchev–Trinajstić information content (AvgIpc) is 2.54. The molecule has 0 aliphatic heterocycles. The molecule has 6 nitrogen and oxygen atoms in total. The molecule has 0 fully saturated rings. The molecule has 0 spiro atoms. The number of nitro groups is 1. The lowest BCUT2D eigenvalue weighted by atomic mass is 10.2. The molecule has 0 bridgehead atoms. The number of nitrogens with one attached hydrogen (secondary N) is 2. The molecule has 0 aliphatic carbocycles. The highest BCUT2D eigenvalue weighted by Crippen LogP contribution is 2.23. The van der Waals surface area contributed by atoms with E-state index in [2.05, 4.69) is 26.6 Å². The molecule has 2 aromatic carbocycles. The monoisotopic (exact) mass is 377 g/mol. The second-order valence-corrected chi connectivity index (χ2v) is 5.78. The van der Waals surface area contributed by atoms with Gasteiger partial charge in [0.05, 0.1) is 4.92 Å². The summed E-state index contributed by atoms with van der Waals surface area (Å²) in [4.78, 5) is 22.3. The summed E-state index contributed by atoms with van der Waals surface area (Å²) in [5.41, 5.74) is 1.24. The van der Waals surface area contributed by atoms with Crippen LogP contribution < -0.4 is 10.6 Å². The Morgan fingerprint density at radius 3 is 2.52 bits per heavy atom. The van der Waals surface area contributed by atoms with Gasteiger partial charge in [-0.1, -0.05) is 28.1 Å². The number of carbonyl (C=O) groups is 1. The van der Waals surface area contributed by atoms with Crippen LogP contribution in [-0.2, 0) is 4.79 Å². The molecule has 23 heavy (non-hydrogen) atoms. The highest BCUT2D eigenvalue weighted by molar-refractivity contribution is 9.10. The van der Waals surface area contributed by atoms with Crippen molar-refractivity contribution in [1.82, 2.24) is 0 Å². The molecule has 0 radical (unpaired) electrons. The second-order valence-electron chi connectivity index (χ2n) is 4.86. The average molecular weight is 378 g/mol. The summed E-state index contributed by atoms with van der Waals surface area (Å²) in [6.07, 6.45) is 0.915. The lowest BCUT2D eigenvalue weighted by Gasteiger charge is -2.08. The maximum atomic E-state index is 11.8. The third-order valence-electron chi connectivity index (χ3n) is 3.12. The molecule has 2 aromatic rings. The highest BCUT2D eigenvalue weighted by atomic mass is 79.9. The summed E-state index contributed by atoms with van der Waals surface area (Å²) in [5, 5.41) is 16.7. The Morgan fingerprint density at radius 1 is 1.13 bits per heavy atom. The minimum absolute atomic E-state index is 0.0341. The first kappa shape index (κ1) is 17.0. The number of halogens is 1. The van der Waals surface area contributed by atoms with Gasteiger partial charge in [0.1, 0.15) is 5.69 Å². The van der Waals surface area contributed by atoms with Gasteiger partial charge in [-0.25, -0.2) is 0 Å². The third kappa shape index (κ3) is 5.37. The molecule has 2 rings (SSSR count). The molecule has 0 atom stereocenters. The molecule has 0 aromatic heterocycles. The quantitative estimate of drug-likeness (QED) is 0.430. The molecule has 0 heterocycles. The molecule has 120 valence electrons. The SMILES string of the molecule is O=C(CCCNc1ccccc1[N+](=O)[O-])Nc1ccc(Br)cc1. The van der Waals surface area contributed by atoms with Crippen LogP contribution in [0.25, 0.3) is 0 Å². The van der Waals surface area contributed by atoms with Crippen LogP contribution in [0.1, 0.15) is 12.8 Å². The lowest BCUT2D eigenvalue weighted by molar-refractivity contribution is -0.384. The van der Waals surface area contributed by atoms with E-state index in [1.807, 2.05) is 24.3 Å². The first-order valence-corrected chi connectivity index (χ1v) is 7.88. The molecule has 0 unspecified atom stereocenters. The number of nitrogens with zero attached hydrogens (tertiary/aromatic N) is 1. The van der Waals surface area contributed by atoms with Crippen molar-refractivity contribution in [2.24, 2.45) is 0 Å². The predicted octanol–water partition coefficient (Wildman–Crippen LogP) is 4.19. The van der Waals surface area contributed by atoms with Crippen molar-refractivity contribution in [2.75, 3.05) is 17.2 Å². The zero-order valence-electron chi connectivity index (χ0n) is 12.3. The van der Waals surface area contributed by atoms with Crippen molar-refractivity contribution in [3.8, 4) is 0 Å². The normalized spacial score (nSPS) is 10.1. The molecular weight excluding hydrogens is 362 g/mol. The fourth-order valence-electron chi connectivity index (χ4n) is 2.01. The second kappa shape index (κ2) is 8.28. The van der Waals surface area contributed by atoms with Gasteiger partial charge in [0.25, 0.3) is 5.69 Å². The highest BCUT2D eigenvalue weighted by Gasteiger charge is 2.11. The number of amides is 1. The Bertz CT molecular complexity index is 689. The summed E-state index contributed by atoms with van der Waals surface area (Å²) in [5.74, 6) is -0.0864. The zero-order chi connectivity index (χ0) is 16.7. The fraction of sp³-hybridized carbons (Fsp3) is 0.188. The predicted molar refractivity (Wildman–Crippen MR) is 93.6 cm³/mol. The fourth-order valence-corrected chi connectivity index (χ4v) is 2.28. The van der Waals surface area contributed by atoms with Crippen LogP contribution in [0.4, 0.5) is 17.1 Å². The maximum absolute atomic E-state index is 11.8. The number of nitro benzene ring substituents is 1. The Morgan fingerprint density at radius 2 is 1.83 bits per heavy atom. The number of para-hydroxylation sites is 2. The Hall–Kier alpha value is -2.41. The number of hydrogen-bond acceptors (Lipinski definition) is 4. The minimum Gasteiger partial charge on any atom is -0.379 e. The van der Waals surface area contributed by atoms with Crippen molar-refractivity contribution >= 4 is 38.9 Å². The summed E-state index contributed by atoms with van der Waals surface area (Å²) >= 11 is 3.33. The summed E-state index contributed by atoms with van der Waals surface area (Å²) in [6, 6.07) is 13.8. The Kier molecular flexibility index (Phi) is 6.10. The van der Waals surface area contributed by atoms with Gasteiger partial charge in [-0.15, -0.1) is 0 Å². The van der Waals surface area contributed by atoms with Crippen molar-refractivity contribution in [3.05, 3.63) is 63.1 Å². The Balaban J connectivity index is 1.76. The van der Waals surface area contributed by atoms with Gasteiger partial charge in [-0.2, -0.15) is 0 Å². The molecular formula is C16H16BrN3O3. The van der Waals surface area contributed by atoms with E-state index in [0.717, 1.165) is 10.2 Å². The molecule has 7 heteroatoms. The minimum atomic E-state index is -0.428. The van der Waals surface area contributed by atoms with E-state index in [0.29, 0.717) is 25.1 Å². The standard InChI is InChI=1S/C16H16BrN3O3/c17-12-7-9-13(10-8-12)19-16(21)6-3-11-18-14-4-1-2-5-15(14)20(22)23/h1-2,4-5,7-10,18H,3,6,11H2,(H,19,21). The number of carbonyl (C=O) groups excluding carboxylic acids is 1. The van der Waals surface area contributed by atoms with E-state index in [9.17, 15) is 14.9 Å². The molecule has 0 saturated carbocycles. The van der Waals surface area contributed by atoms with Crippen molar-refractivity contribution in [3.63, 3.8) is 0 Å². The van der Waals surface area contributed by atoms with Crippen LogP contribution in [0.15, 0.2) is 53.0 Å². The topological polar surface area (TPSA) is 84.3 Å². The van der Waals surface area contributed by atoms with Crippen LogP contribution in [-0.4, -0.2) is 17.4 Å². The number of benzene rings is 2. The van der Waals surface area contributed by atoms with Gasteiger partial charge in [0.2, 0.25) is 5.91 Å². The summed E-state index contributed by atoms with van der Waals surface area (Å²) < 4.78 is 0.948. The van der Waals surface area contributed by atoms with Gasteiger partial charge in [0.15, 0.2) is 0 Å². The van der Waals surface area contributed by atoms with Crippen molar-refractivity contribution in [2.45, 2.75) is 12.8 Å². The maximum Gasteiger partial charge on any atom is 0.292 e. The molecule has 0 saturated heterocycles. The van der Waals surface area contributed by atoms with Gasteiger partial charge >= 0.3 is 0 Å². The van der Waals surface area contributed by atoms with E-state index >= 15 is 0 Å². The van der Waals surface area contributed by atoms with E-state index < -0.39 is 4.92 Å². The van der Waals surface area contributed by atoms with Crippen LogP contribution in [0.5, 0.6) is 0 Å². The van der Waals surface area contributed by atoms with Gasteiger partial charge in [-0.05, 0) is 36.8 Å². The van der Waals surface area contributed by atoms with Crippen LogP contribution in [0.2, 0.25) is 0 Å². The summed E-state index contributed by atoms with van der Waals surface area (Å²) in [6.45, 7) is 0.485. The molecule has 1 amide bonds. The van der Waals surface area contributed by atoms with E-state index in [1.54, 1.807) is 18.2 Å². The van der Waals surface area contributed by atoms with Crippen molar-refractivity contribution < 1.29 is 9.72 Å². The summed E-state index contributed by atoms with van der Waals surface area (Å²) in [7, 11) is 0. The van der Waals surface area contributed by atoms with E-state index in [4.69, 9.17) is 0 Å². The van der Waals surface area contributed by atoms with Crippen LogP contribution >= 0.6 is 15.9 Å². The third-order valence-corrected chi connectivity index (χ3v) is 3.65. The Labute approximate surface area is 142 Å². The first-order valence-electron chi connectivity index (χ1n) is 7.09. The number of rotatable bonds is 7. The van der Waals surface area contributed by atoms with E-state index in [-0.39, 0.29) is 11.6 Å². The van der Waals surface area contributed by atoms with Crippen LogP contribution in [0, 0.1) is 10.1 Å². The van der Waals surface area contributed by atoms with Gasteiger partial charge in [0, 0.05) is 29.2 Å². The molecule has 2 N–H and O–H groups in total. The number of hydrogen-bond donors (Lipinski definition) is 2. The van der Waals surface area contributed by atoms with E-state index in [1.165, 1.54) is 6.07 Å². The lowest BCUT2D eigenvalue weighted by Crippen LogP contribution is -2.13. The molecule has 0 aliphatic rings.